The van der Waals surface area contributed by atoms with Gasteiger partial charge in [-0.05, 0) is 44.9 Å². The summed E-state index contributed by atoms with van der Waals surface area (Å²) in [7, 11) is 4.01. The second-order valence-corrected chi connectivity index (χ2v) is 5.56. The lowest BCUT2D eigenvalue weighted by Crippen LogP contribution is -2.44. The van der Waals surface area contributed by atoms with E-state index >= 15 is 0 Å². The molecule has 0 amide bonds. The Morgan fingerprint density at radius 3 is 2.50 bits per heavy atom. The molecule has 2 aliphatic heterocycles. The highest BCUT2D eigenvalue weighted by atomic mass is 16.5. The molecule has 0 radical (unpaired) electrons. The maximum atomic E-state index is 5.40. The van der Waals surface area contributed by atoms with Gasteiger partial charge in [-0.25, -0.2) is 0 Å². The van der Waals surface area contributed by atoms with Crippen molar-refractivity contribution in [2.75, 3.05) is 19.5 Å². The number of para-hydroxylation sites is 2. The summed E-state index contributed by atoms with van der Waals surface area (Å²) in [5.74, 6) is 0.948. The number of hydrogen-bond acceptors (Lipinski definition) is 3. The van der Waals surface area contributed by atoms with Crippen LogP contribution in [0.3, 0.4) is 0 Å². The molecular weight excluding hydrogens is 224 g/mol. The lowest BCUT2D eigenvalue weighted by atomic mass is 9.97. The van der Waals surface area contributed by atoms with Crippen LogP contribution < -0.4 is 10.1 Å². The first-order chi connectivity index (χ1) is 8.78. The highest BCUT2D eigenvalue weighted by Crippen LogP contribution is 2.36. The smallest absolute Gasteiger partial charge is 0.141 e. The number of piperidine rings is 1. The van der Waals surface area contributed by atoms with Crippen LogP contribution >= 0.6 is 0 Å². The third-order valence-electron chi connectivity index (χ3n) is 4.56. The van der Waals surface area contributed by atoms with Crippen LogP contribution in [0.15, 0.2) is 24.3 Å². The number of hydrogen-bond donors (Lipinski definition) is 1. The molecule has 2 heterocycles. The van der Waals surface area contributed by atoms with Crippen molar-refractivity contribution in [3.63, 3.8) is 0 Å². The zero-order valence-electron chi connectivity index (χ0n) is 11.2. The molecule has 0 spiro atoms. The van der Waals surface area contributed by atoms with E-state index in [1.165, 1.54) is 25.7 Å². The summed E-state index contributed by atoms with van der Waals surface area (Å²) in [6.45, 7) is 0. The van der Waals surface area contributed by atoms with E-state index in [4.69, 9.17) is 4.74 Å². The van der Waals surface area contributed by atoms with Gasteiger partial charge >= 0.3 is 0 Å². The molecule has 2 atom stereocenters. The topological polar surface area (TPSA) is 24.5 Å². The van der Waals surface area contributed by atoms with Crippen LogP contribution in [0.1, 0.15) is 25.7 Å². The predicted molar refractivity (Wildman–Crippen MR) is 74.2 cm³/mol. The molecule has 3 heteroatoms. The van der Waals surface area contributed by atoms with Gasteiger partial charge in [0.2, 0.25) is 0 Å². The lowest BCUT2D eigenvalue weighted by molar-refractivity contribution is 0.169. The molecule has 3 nitrogen and oxygen atoms in total. The number of methoxy groups -OCH3 is 1. The monoisotopic (exact) mass is 246 g/mol. The Balaban J connectivity index is 1.70. The van der Waals surface area contributed by atoms with Crippen LogP contribution in [0.2, 0.25) is 0 Å². The number of fused-ring (bicyclic) bond motifs is 2. The van der Waals surface area contributed by atoms with Gasteiger partial charge in [0.15, 0.2) is 0 Å². The summed E-state index contributed by atoms with van der Waals surface area (Å²) >= 11 is 0. The van der Waals surface area contributed by atoms with Crippen molar-refractivity contribution >= 4 is 5.69 Å². The fourth-order valence-corrected chi connectivity index (χ4v) is 3.51. The summed E-state index contributed by atoms with van der Waals surface area (Å²) in [6, 6.07) is 10.4. The first kappa shape index (κ1) is 11.8. The summed E-state index contributed by atoms with van der Waals surface area (Å²) in [6.07, 6.45) is 5.24. The lowest BCUT2D eigenvalue weighted by Gasteiger charge is -2.37. The van der Waals surface area contributed by atoms with Crippen LogP contribution in [0.5, 0.6) is 5.75 Å². The van der Waals surface area contributed by atoms with Crippen LogP contribution in [0.25, 0.3) is 0 Å². The van der Waals surface area contributed by atoms with E-state index < -0.39 is 0 Å². The molecule has 0 aromatic heterocycles. The molecule has 2 fully saturated rings. The van der Waals surface area contributed by atoms with Gasteiger partial charge in [0.1, 0.15) is 5.75 Å². The fourth-order valence-electron chi connectivity index (χ4n) is 3.51. The van der Waals surface area contributed by atoms with Crippen LogP contribution in [0, 0.1) is 0 Å². The van der Waals surface area contributed by atoms with E-state index in [1.807, 2.05) is 12.1 Å². The first-order valence-corrected chi connectivity index (χ1v) is 6.89. The number of ether oxygens (including phenoxy) is 1. The van der Waals surface area contributed by atoms with Crippen LogP contribution in [-0.2, 0) is 0 Å². The third kappa shape index (κ3) is 2.07. The second-order valence-electron chi connectivity index (χ2n) is 5.56. The molecule has 0 aliphatic carbocycles. The SMILES string of the molecule is COc1ccccc1NC1CC2CCC(C1)N2C. The van der Waals surface area contributed by atoms with E-state index in [2.05, 4.69) is 29.4 Å². The van der Waals surface area contributed by atoms with Gasteiger partial charge in [-0.3, -0.25) is 0 Å². The van der Waals surface area contributed by atoms with Gasteiger partial charge < -0.3 is 15.0 Å². The van der Waals surface area contributed by atoms with Crippen molar-refractivity contribution < 1.29 is 4.74 Å². The molecule has 18 heavy (non-hydrogen) atoms. The van der Waals surface area contributed by atoms with Crippen molar-refractivity contribution in [2.24, 2.45) is 0 Å². The zero-order chi connectivity index (χ0) is 12.5. The van der Waals surface area contributed by atoms with Crippen molar-refractivity contribution in [3.05, 3.63) is 24.3 Å². The van der Waals surface area contributed by atoms with E-state index in [0.717, 1.165) is 23.5 Å². The molecule has 3 rings (SSSR count). The maximum absolute atomic E-state index is 5.40. The number of nitrogens with one attached hydrogen (secondary N) is 1. The Morgan fingerprint density at radius 1 is 1.17 bits per heavy atom. The maximum Gasteiger partial charge on any atom is 0.141 e. The number of nitrogens with zero attached hydrogens (tertiary/aromatic N) is 1. The Kier molecular flexibility index (Phi) is 3.16. The molecular formula is C15H22N2O. The molecule has 2 unspecified atom stereocenters. The molecule has 0 saturated carbocycles. The minimum Gasteiger partial charge on any atom is -0.495 e. The quantitative estimate of drug-likeness (QED) is 0.887. The van der Waals surface area contributed by atoms with Crippen molar-refractivity contribution in [1.29, 1.82) is 0 Å². The molecule has 1 aromatic rings. The Labute approximate surface area is 109 Å². The summed E-state index contributed by atoms with van der Waals surface area (Å²) in [5, 5.41) is 3.67. The minimum atomic E-state index is 0.593. The zero-order valence-corrected chi connectivity index (χ0v) is 11.2. The van der Waals surface area contributed by atoms with Crippen LogP contribution in [0.4, 0.5) is 5.69 Å². The average Bonchev–Trinajstić information content (AvgIpc) is 2.63. The van der Waals surface area contributed by atoms with E-state index in [-0.39, 0.29) is 0 Å². The van der Waals surface area contributed by atoms with Gasteiger partial charge in [-0.15, -0.1) is 0 Å². The molecule has 2 aliphatic rings. The van der Waals surface area contributed by atoms with Gasteiger partial charge in [-0.2, -0.15) is 0 Å². The first-order valence-electron chi connectivity index (χ1n) is 6.89. The largest absolute Gasteiger partial charge is 0.495 e. The van der Waals surface area contributed by atoms with Crippen molar-refractivity contribution in [1.82, 2.24) is 4.90 Å². The van der Waals surface area contributed by atoms with Gasteiger partial charge in [0, 0.05) is 18.1 Å². The molecule has 2 bridgehead atoms. The highest BCUT2D eigenvalue weighted by molar-refractivity contribution is 5.56. The summed E-state index contributed by atoms with van der Waals surface area (Å²) < 4.78 is 5.40. The standard InChI is InChI=1S/C15H22N2O/c1-17-12-7-8-13(17)10-11(9-12)16-14-5-3-4-6-15(14)18-2/h3-6,11-13,16H,7-10H2,1-2H3. The third-order valence-corrected chi connectivity index (χ3v) is 4.56. The number of rotatable bonds is 3. The predicted octanol–water partition coefficient (Wildman–Crippen LogP) is 2.73. The van der Waals surface area contributed by atoms with E-state index in [9.17, 15) is 0 Å². The van der Waals surface area contributed by atoms with Gasteiger partial charge in [0.05, 0.1) is 12.8 Å². The normalized spacial score (nSPS) is 31.3. The molecule has 2 saturated heterocycles. The Morgan fingerprint density at radius 2 is 1.83 bits per heavy atom. The summed E-state index contributed by atoms with van der Waals surface area (Å²) in [4.78, 5) is 2.57. The number of benzene rings is 1. The molecule has 1 N–H and O–H groups in total. The highest BCUT2D eigenvalue weighted by Gasteiger charge is 2.38. The van der Waals surface area contributed by atoms with Gasteiger partial charge in [0.25, 0.3) is 0 Å². The number of anilines is 1. The van der Waals surface area contributed by atoms with Gasteiger partial charge in [-0.1, -0.05) is 12.1 Å². The minimum absolute atomic E-state index is 0.593. The summed E-state index contributed by atoms with van der Waals surface area (Å²) in [5.41, 5.74) is 1.13. The van der Waals surface area contributed by atoms with Crippen molar-refractivity contribution in [3.8, 4) is 5.75 Å². The molecule has 1 aromatic carbocycles. The second kappa shape index (κ2) is 4.81. The average molecular weight is 246 g/mol. The molecule has 98 valence electrons. The Bertz CT molecular complexity index is 407. The Hall–Kier alpha value is -1.22. The van der Waals surface area contributed by atoms with Crippen molar-refractivity contribution in [2.45, 2.75) is 43.8 Å². The van der Waals surface area contributed by atoms with E-state index in [1.54, 1.807) is 7.11 Å². The van der Waals surface area contributed by atoms with E-state index in [0.29, 0.717) is 6.04 Å². The fraction of sp³-hybridized carbons (Fsp3) is 0.600. The van der Waals surface area contributed by atoms with Crippen LogP contribution in [-0.4, -0.2) is 37.2 Å².